The van der Waals surface area contributed by atoms with Gasteiger partial charge in [-0.3, -0.25) is 4.72 Å². The van der Waals surface area contributed by atoms with E-state index in [0.717, 1.165) is 5.56 Å². The summed E-state index contributed by atoms with van der Waals surface area (Å²) in [4.78, 5) is 0.179. The van der Waals surface area contributed by atoms with Gasteiger partial charge in [-0.15, -0.1) is 0 Å². The summed E-state index contributed by atoms with van der Waals surface area (Å²) in [5.41, 5.74) is 7.62. The van der Waals surface area contributed by atoms with Gasteiger partial charge in [0, 0.05) is 14.6 Å². The molecule has 0 amide bonds. The molecule has 0 fully saturated rings. The van der Waals surface area contributed by atoms with E-state index in [9.17, 15) is 8.42 Å². The highest BCUT2D eigenvalue weighted by molar-refractivity contribution is 9.10. The van der Waals surface area contributed by atoms with Gasteiger partial charge in [0.2, 0.25) is 0 Å². The number of benzene rings is 2. The number of hydrogen-bond acceptors (Lipinski definition) is 3. The van der Waals surface area contributed by atoms with Crippen LogP contribution >= 0.6 is 31.9 Å². The lowest BCUT2D eigenvalue weighted by Gasteiger charge is -2.12. The second-order valence-corrected chi connectivity index (χ2v) is 7.70. The molecule has 0 bridgehead atoms. The summed E-state index contributed by atoms with van der Waals surface area (Å²) in [5, 5.41) is 0. The maximum absolute atomic E-state index is 12.3. The van der Waals surface area contributed by atoms with E-state index in [-0.39, 0.29) is 4.90 Å². The highest BCUT2D eigenvalue weighted by Crippen LogP contribution is 2.30. The van der Waals surface area contributed by atoms with Crippen LogP contribution in [0.15, 0.2) is 50.2 Å². The largest absolute Gasteiger partial charge is 0.398 e. The van der Waals surface area contributed by atoms with Crippen molar-refractivity contribution in [1.82, 2.24) is 0 Å². The van der Waals surface area contributed by atoms with Gasteiger partial charge in [0.05, 0.1) is 10.6 Å². The van der Waals surface area contributed by atoms with Crippen LogP contribution in [0.2, 0.25) is 0 Å². The van der Waals surface area contributed by atoms with Crippen molar-refractivity contribution in [2.45, 2.75) is 11.8 Å². The summed E-state index contributed by atoms with van der Waals surface area (Å²) in [6.45, 7) is 1.85. The minimum absolute atomic E-state index is 0.179. The van der Waals surface area contributed by atoms with E-state index in [2.05, 4.69) is 36.6 Å². The van der Waals surface area contributed by atoms with Crippen LogP contribution in [0, 0.1) is 6.92 Å². The third-order valence-electron chi connectivity index (χ3n) is 2.71. The molecule has 20 heavy (non-hydrogen) atoms. The fourth-order valence-electron chi connectivity index (χ4n) is 1.61. The number of anilines is 2. The molecule has 0 radical (unpaired) electrons. The van der Waals surface area contributed by atoms with E-state index in [4.69, 9.17) is 5.73 Å². The molecule has 2 aromatic rings. The molecule has 106 valence electrons. The highest BCUT2D eigenvalue weighted by atomic mass is 79.9. The molecule has 0 heterocycles. The Morgan fingerprint density at radius 3 is 2.50 bits per heavy atom. The molecule has 2 aromatic carbocycles. The van der Waals surface area contributed by atoms with Crippen molar-refractivity contribution in [3.05, 3.63) is 50.9 Å². The lowest BCUT2D eigenvalue weighted by atomic mass is 10.2. The van der Waals surface area contributed by atoms with Gasteiger partial charge < -0.3 is 5.73 Å². The van der Waals surface area contributed by atoms with Crippen molar-refractivity contribution in [2.75, 3.05) is 10.5 Å². The second-order valence-electron chi connectivity index (χ2n) is 4.25. The standard InChI is InChI=1S/C13H12Br2N2O2S/c1-8-5-11(15)13(7-12(8)16)17-20(18,19)10-4-2-3-9(14)6-10/h2-7,17H,16H2,1H3. The van der Waals surface area contributed by atoms with E-state index in [1.54, 1.807) is 24.3 Å². The van der Waals surface area contributed by atoms with Crippen molar-refractivity contribution in [2.24, 2.45) is 0 Å². The summed E-state index contributed by atoms with van der Waals surface area (Å²) < 4.78 is 28.5. The molecule has 4 nitrogen and oxygen atoms in total. The van der Waals surface area contributed by atoms with Crippen molar-refractivity contribution >= 4 is 53.3 Å². The maximum atomic E-state index is 12.3. The first-order valence-corrected chi connectivity index (χ1v) is 8.70. The number of nitrogens with two attached hydrogens (primary N) is 1. The molecule has 0 unspecified atom stereocenters. The lowest BCUT2D eigenvalue weighted by Crippen LogP contribution is -2.13. The number of sulfonamides is 1. The highest BCUT2D eigenvalue weighted by Gasteiger charge is 2.16. The Labute approximate surface area is 134 Å². The normalized spacial score (nSPS) is 11.3. The summed E-state index contributed by atoms with van der Waals surface area (Å²) in [7, 11) is -3.65. The Bertz CT molecular complexity index is 761. The number of aryl methyl sites for hydroxylation is 1. The van der Waals surface area contributed by atoms with Crippen LogP contribution in [0.1, 0.15) is 5.56 Å². The molecular weight excluding hydrogens is 408 g/mol. The molecule has 0 atom stereocenters. The molecule has 3 N–H and O–H groups in total. The van der Waals surface area contributed by atoms with E-state index in [1.165, 1.54) is 12.1 Å². The van der Waals surface area contributed by atoms with Crippen molar-refractivity contribution in [3.8, 4) is 0 Å². The molecule has 2 rings (SSSR count). The topological polar surface area (TPSA) is 72.2 Å². The number of hydrogen-bond donors (Lipinski definition) is 2. The fourth-order valence-corrected chi connectivity index (χ4v) is 3.96. The summed E-state index contributed by atoms with van der Waals surface area (Å²) in [6.07, 6.45) is 0. The Morgan fingerprint density at radius 1 is 1.15 bits per heavy atom. The van der Waals surface area contributed by atoms with Gasteiger partial charge >= 0.3 is 0 Å². The van der Waals surface area contributed by atoms with Crippen LogP contribution in [0.4, 0.5) is 11.4 Å². The Kier molecular flexibility index (Phi) is 4.41. The third-order valence-corrected chi connectivity index (χ3v) is 5.22. The molecule has 0 saturated heterocycles. The van der Waals surface area contributed by atoms with Gasteiger partial charge in [0.1, 0.15) is 0 Å². The van der Waals surface area contributed by atoms with E-state index in [1.807, 2.05) is 6.92 Å². The predicted molar refractivity (Wildman–Crippen MR) is 88.2 cm³/mol. The average Bonchev–Trinajstić information content (AvgIpc) is 2.36. The molecular formula is C13H12Br2N2O2S. The zero-order chi connectivity index (χ0) is 14.9. The minimum Gasteiger partial charge on any atom is -0.398 e. The fraction of sp³-hybridized carbons (Fsp3) is 0.0769. The van der Waals surface area contributed by atoms with Crippen molar-refractivity contribution < 1.29 is 8.42 Å². The van der Waals surface area contributed by atoms with Crippen LogP contribution in [-0.4, -0.2) is 8.42 Å². The van der Waals surface area contributed by atoms with Crippen LogP contribution in [-0.2, 0) is 10.0 Å². The van der Waals surface area contributed by atoms with Gasteiger partial charge in [0.15, 0.2) is 0 Å². The van der Waals surface area contributed by atoms with Crippen LogP contribution in [0.3, 0.4) is 0 Å². The number of rotatable bonds is 3. The van der Waals surface area contributed by atoms with E-state index < -0.39 is 10.0 Å². The first-order chi connectivity index (χ1) is 9.29. The minimum atomic E-state index is -3.65. The summed E-state index contributed by atoms with van der Waals surface area (Å²) in [6, 6.07) is 9.85. The summed E-state index contributed by atoms with van der Waals surface area (Å²) in [5.74, 6) is 0. The van der Waals surface area contributed by atoms with Gasteiger partial charge in [-0.25, -0.2) is 8.42 Å². The Balaban J connectivity index is 2.41. The molecule has 0 aromatic heterocycles. The molecule has 0 aliphatic carbocycles. The zero-order valence-electron chi connectivity index (χ0n) is 10.5. The van der Waals surface area contributed by atoms with Crippen LogP contribution in [0.5, 0.6) is 0 Å². The van der Waals surface area contributed by atoms with Gasteiger partial charge in [-0.1, -0.05) is 22.0 Å². The number of nitrogens with one attached hydrogen (secondary N) is 1. The summed E-state index contributed by atoms with van der Waals surface area (Å²) >= 11 is 6.58. The number of halogens is 2. The average molecular weight is 420 g/mol. The first-order valence-electron chi connectivity index (χ1n) is 5.63. The molecule has 0 aliphatic heterocycles. The first kappa shape index (κ1) is 15.3. The Hall–Kier alpha value is -1.05. The molecule has 0 spiro atoms. The number of nitrogen functional groups attached to an aromatic ring is 1. The van der Waals surface area contributed by atoms with E-state index in [0.29, 0.717) is 20.3 Å². The van der Waals surface area contributed by atoms with Gasteiger partial charge in [-0.2, -0.15) is 0 Å². The van der Waals surface area contributed by atoms with Gasteiger partial charge in [-0.05, 0) is 58.7 Å². The smallest absolute Gasteiger partial charge is 0.261 e. The van der Waals surface area contributed by atoms with Crippen LogP contribution < -0.4 is 10.5 Å². The Morgan fingerprint density at radius 2 is 1.85 bits per heavy atom. The maximum Gasteiger partial charge on any atom is 0.261 e. The van der Waals surface area contributed by atoms with Crippen molar-refractivity contribution in [3.63, 3.8) is 0 Å². The molecule has 0 saturated carbocycles. The monoisotopic (exact) mass is 418 g/mol. The third kappa shape index (κ3) is 3.34. The van der Waals surface area contributed by atoms with Gasteiger partial charge in [0.25, 0.3) is 10.0 Å². The molecule has 0 aliphatic rings. The van der Waals surface area contributed by atoms with Crippen LogP contribution in [0.25, 0.3) is 0 Å². The van der Waals surface area contributed by atoms with Crippen molar-refractivity contribution in [1.29, 1.82) is 0 Å². The second kappa shape index (κ2) is 5.75. The SMILES string of the molecule is Cc1cc(Br)c(NS(=O)(=O)c2cccc(Br)c2)cc1N. The quantitative estimate of drug-likeness (QED) is 0.741. The zero-order valence-corrected chi connectivity index (χ0v) is 14.5. The lowest BCUT2D eigenvalue weighted by molar-refractivity contribution is 0.601. The van der Waals surface area contributed by atoms with E-state index >= 15 is 0 Å². The predicted octanol–water partition coefficient (Wildman–Crippen LogP) is 3.90. The molecule has 7 heteroatoms.